The van der Waals surface area contributed by atoms with Crippen molar-refractivity contribution in [1.82, 2.24) is 10.3 Å². The molecule has 6 heteroatoms. The zero-order valence-electron chi connectivity index (χ0n) is 17.0. The molecular weight excluding hydrogens is 381 g/mol. The fourth-order valence-electron chi connectivity index (χ4n) is 3.07. The maximum Gasteiger partial charge on any atom is 0.250 e. The third-order valence-electron chi connectivity index (χ3n) is 4.83. The van der Waals surface area contributed by atoms with Crippen LogP contribution in [0.15, 0.2) is 66.9 Å². The molecule has 1 amide bonds. The maximum absolute atomic E-state index is 13.2. The lowest BCUT2D eigenvalue weighted by molar-refractivity contribution is 0.1000. The van der Waals surface area contributed by atoms with E-state index in [1.54, 1.807) is 24.3 Å². The van der Waals surface area contributed by atoms with E-state index in [-0.39, 0.29) is 5.82 Å². The van der Waals surface area contributed by atoms with Gasteiger partial charge in [-0.1, -0.05) is 24.3 Å². The zero-order chi connectivity index (χ0) is 21.3. The first-order valence-electron chi connectivity index (χ1n) is 10.00. The molecule has 0 radical (unpaired) electrons. The van der Waals surface area contributed by atoms with Gasteiger partial charge in [-0.3, -0.25) is 4.79 Å². The maximum atomic E-state index is 13.2. The van der Waals surface area contributed by atoms with E-state index in [4.69, 9.17) is 10.5 Å². The molecule has 0 saturated carbocycles. The third kappa shape index (κ3) is 6.67. The van der Waals surface area contributed by atoms with Gasteiger partial charge in [-0.2, -0.15) is 0 Å². The van der Waals surface area contributed by atoms with Gasteiger partial charge in [0.2, 0.25) is 11.8 Å². The van der Waals surface area contributed by atoms with Gasteiger partial charge >= 0.3 is 0 Å². The van der Waals surface area contributed by atoms with E-state index >= 15 is 0 Å². The molecule has 0 aliphatic carbocycles. The Hall–Kier alpha value is -3.25. The quantitative estimate of drug-likeness (QED) is 0.526. The summed E-state index contributed by atoms with van der Waals surface area (Å²) in [4.78, 5) is 15.2. The number of hydrogen-bond acceptors (Lipinski definition) is 4. The van der Waals surface area contributed by atoms with Gasteiger partial charge in [0.1, 0.15) is 11.6 Å². The lowest BCUT2D eigenvalue weighted by Gasteiger charge is -2.14. The number of aromatic nitrogens is 1. The average molecular weight is 407 g/mol. The van der Waals surface area contributed by atoms with E-state index in [0.717, 1.165) is 31.4 Å². The van der Waals surface area contributed by atoms with Gasteiger partial charge < -0.3 is 15.8 Å². The highest BCUT2D eigenvalue weighted by Crippen LogP contribution is 2.20. The van der Waals surface area contributed by atoms with Gasteiger partial charge in [-0.05, 0) is 74.2 Å². The molecular formula is C24H26FN3O2. The van der Waals surface area contributed by atoms with Crippen LogP contribution in [0.25, 0.3) is 0 Å². The van der Waals surface area contributed by atoms with E-state index in [1.165, 1.54) is 17.8 Å². The number of carbonyl (C=O) groups is 1. The molecule has 0 fully saturated rings. The first-order chi connectivity index (χ1) is 14.5. The van der Waals surface area contributed by atoms with Crippen molar-refractivity contribution in [3.05, 3.63) is 89.4 Å². The normalized spacial score (nSPS) is 11.8. The van der Waals surface area contributed by atoms with Crippen molar-refractivity contribution in [2.45, 2.75) is 32.2 Å². The number of nitrogens with zero attached hydrogens (tertiary/aromatic N) is 1. The fraction of sp³-hybridized carbons (Fsp3) is 0.250. The topological polar surface area (TPSA) is 77.2 Å². The number of nitrogens with two attached hydrogens (primary N) is 1. The Kier molecular flexibility index (Phi) is 7.51. The van der Waals surface area contributed by atoms with Crippen LogP contribution in [0.3, 0.4) is 0 Å². The van der Waals surface area contributed by atoms with Gasteiger partial charge in [0.05, 0.1) is 5.56 Å². The van der Waals surface area contributed by atoms with E-state index in [2.05, 4.69) is 17.2 Å². The Balaban J connectivity index is 1.41. The van der Waals surface area contributed by atoms with Crippen molar-refractivity contribution in [2.75, 3.05) is 6.54 Å². The molecule has 3 rings (SSSR count). The monoisotopic (exact) mass is 407 g/mol. The summed E-state index contributed by atoms with van der Waals surface area (Å²) < 4.78 is 18.9. The van der Waals surface area contributed by atoms with Gasteiger partial charge in [0, 0.05) is 18.3 Å². The summed E-state index contributed by atoms with van der Waals surface area (Å²) in [6.07, 6.45) is 4.15. The van der Waals surface area contributed by atoms with Gasteiger partial charge in [0.15, 0.2) is 0 Å². The third-order valence-corrected chi connectivity index (χ3v) is 4.83. The number of primary amides is 1. The van der Waals surface area contributed by atoms with Crippen molar-refractivity contribution >= 4 is 5.91 Å². The largest absolute Gasteiger partial charge is 0.439 e. The molecule has 30 heavy (non-hydrogen) atoms. The van der Waals surface area contributed by atoms with E-state index in [9.17, 15) is 9.18 Å². The second-order valence-electron chi connectivity index (χ2n) is 7.27. The Morgan fingerprint density at radius 3 is 2.57 bits per heavy atom. The summed E-state index contributed by atoms with van der Waals surface area (Å²) in [7, 11) is 0. The Morgan fingerprint density at radius 1 is 1.10 bits per heavy atom. The van der Waals surface area contributed by atoms with Crippen molar-refractivity contribution < 1.29 is 13.9 Å². The molecule has 1 atom stereocenters. The lowest BCUT2D eigenvalue weighted by atomic mass is 10.1. The van der Waals surface area contributed by atoms with Crippen LogP contribution in [-0.4, -0.2) is 23.5 Å². The minimum absolute atomic E-state index is 0.188. The molecule has 0 saturated heterocycles. The predicted molar refractivity (Wildman–Crippen MR) is 115 cm³/mol. The van der Waals surface area contributed by atoms with Crippen LogP contribution in [0.4, 0.5) is 4.39 Å². The minimum atomic E-state index is -0.518. The summed E-state index contributed by atoms with van der Waals surface area (Å²) in [5.74, 6) is 0.380. The Bertz CT molecular complexity index is 959. The molecule has 1 heterocycles. The number of rotatable bonds is 10. The SMILES string of the molecule is CC(CCc1ccc(Oc2ccc(C(N)=O)cn2)cc1)NCCc1cccc(F)c1. The molecule has 3 aromatic rings. The molecule has 0 aliphatic heterocycles. The van der Waals surface area contributed by atoms with Crippen LogP contribution in [0.5, 0.6) is 11.6 Å². The highest BCUT2D eigenvalue weighted by Gasteiger charge is 2.05. The molecule has 5 nitrogen and oxygen atoms in total. The lowest BCUT2D eigenvalue weighted by Crippen LogP contribution is -2.28. The molecule has 3 N–H and O–H groups in total. The smallest absolute Gasteiger partial charge is 0.250 e. The number of nitrogens with one attached hydrogen (secondary N) is 1. The molecule has 1 aromatic heterocycles. The molecule has 0 aliphatic rings. The highest BCUT2D eigenvalue weighted by atomic mass is 19.1. The van der Waals surface area contributed by atoms with E-state index in [1.807, 2.05) is 30.3 Å². The van der Waals surface area contributed by atoms with E-state index in [0.29, 0.717) is 23.2 Å². The highest BCUT2D eigenvalue weighted by molar-refractivity contribution is 5.92. The number of benzene rings is 2. The van der Waals surface area contributed by atoms with Gasteiger partial charge in [-0.15, -0.1) is 0 Å². The van der Waals surface area contributed by atoms with Crippen LogP contribution < -0.4 is 15.8 Å². The first kappa shape index (κ1) is 21.5. The Labute approximate surface area is 176 Å². The summed E-state index contributed by atoms with van der Waals surface area (Å²) in [5.41, 5.74) is 7.77. The summed E-state index contributed by atoms with van der Waals surface area (Å²) >= 11 is 0. The first-order valence-corrected chi connectivity index (χ1v) is 10.00. The van der Waals surface area contributed by atoms with Crippen LogP contribution in [0, 0.1) is 5.82 Å². The fourth-order valence-corrected chi connectivity index (χ4v) is 3.07. The summed E-state index contributed by atoms with van der Waals surface area (Å²) in [5, 5.41) is 3.49. The summed E-state index contributed by atoms with van der Waals surface area (Å²) in [6, 6.07) is 18.2. The number of aryl methyl sites for hydroxylation is 1. The molecule has 2 aromatic carbocycles. The van der Waals surface area contributed by atoms with Crippen molar-refractivity contribution in [1.29, 1.82) is 0 Å². The number of halogens is 1. The Morgan fingerprint density at radius 2 is 1.90 bits per heavy atom. The standard InChI is InChI=1S/C24H26FN3O2/c1-17(27-14-13-19-3-2-4-21(25)15-19)5-6-18-7-10-22(11-8-18)30-23-12-9-20(16-28-23)24(26)29/h2-4,7-12,15-17,27H,5-6,13-14H2,1H3,(H2,26,29). The van der Waals surface area contributed by atoms with Crippen molar-refractivity contribution in [2.24, 2.45) is 5.73 Å². The second kappa shape index (κ2) is 10.5. The van der Waals surface area contributed by atoms with Crippen LogP contribution in [0.2, 0.25) is 0 Å². The zero-order valence-corrected chi connectivity index (χ0v) is 17.0. The summed E-state index contributed by atoms with van der Waals surface area (Å²) in [6.45, 7) is 2.98. The second-order valence-corrected chi connectivity index (χ2v) is 7.27. The number of carbonyl (C=O) groups excluding carboxylic acids is 1. The molecule has 156 valence electrons. The van der Waals surface area contributed by atoms with Crippen LogP contribution in [-0.2, 0) is 12.8 Å². The molecule has 0 spiro atoms. The number of ether oxygens (including phenoxy) is 1. The van der Waals surface area contributed by atoms with Crippen molar-refractivity contribution in [3.8, 4) is 11.6 Å². The number of amides is 1. The molecule has 1 unspecified atom stereocenters. The number of pyridine rings is 1. The number of hydrogen-bond donors (Lipinski definition) is 2. The van der Waals surface area contributed by atoms with Gasteiger partial charge in [0.25, 0.3) is 0 Å². The predicted octanol–water partition coefficient (Wildman–Crippen LogP) is 4.27. The molecule has 0 bridgehead atoms. The van der Waals surface area contributed by atoms with E-state index < -0.39 is 5.91 Å². The van der Waals surface area contributed by atoms with Crippen molar-refractivity contribution in [3.63, 3.8) is 0 Å². The minimum Gasteiger partial charge on any atom is -0.439 e. The average Bonchev–Trinajstić information content (AvgIpc) is 2.74. The van der Waals surface area contributed by atoms with Crippen LogP contribution in [0.1, 0.15) is 34.8 Å². The van der Waals surface area contributed by atoms with Gasteiger partial charge in [-0.25, -0.2) is 9.37 Å². The van der Waals surface area contributed by atoms with Crippen LogP contribution >= 0.6 is 0 Å².